The van der Waals surface area contributed by atoms with Crippen molar-refractivity contribution in [3.8, 4) is 29.3 Å². The predicted octanol–water partition coefficient (Wildman–Crippen LogP) is 3.90. The Hall–Kier alpha value is -4.78. The molecule has 2 aromatic carbocycles. The van der Waals surface area contributed by atoms with Crippen LogP contribution in [0.4, 0.5) is 21.6 Å². The molecule has 1 N–H and O–H groups in total. The van der Waals surface area contributed by atoms with E-state index in [1.165, 1.54) is 10.6 Å². The van der Waals surface area contributed by atoms with Gasteiger partial charge < -0.3 is 24.6 Å². The summed E-state index contributed by atoms with van der Waals surface area (Å²) in [4.78, 5) is 28.1. The zero-order chi connectivity index (χ0) is 31.7. The van der Waals surface area contributed by atoms with Gasteiger partial charge in [-0.25, -0.2) is 14.4 Å². The second-order valence-corrected chi connectivity index (χ2v) is 12.4. The first-order valence-corrected chi connectivity index (χ1v) is 15.8. The zero-order valence-corrected chi connectivity index (χ0v) is 25.4. The third-order valence-electron chi connectivity index (χ3n) is 9.39. The topological polar surface area (TPSA) is 131 Å². The maximum absolute atomic E-state index is 15.1. The molecule has 3 aliphatic heterocycles. The number of benzene rings is 2. The number of piperazine rings is 1. The van der Waals surface area contributed by atoms with Crippen molar-refractivity contribution in [2.45, 2.75) is 37.6 Å². The predicted molar refractivity (Wildman–Crippen MR) is 168 cm³/mol. The van der Waals surface area contributed by atoms with Gasteiger partial charge in [0.25, 0.3) is 0 Å². The van der Waals surface area contributed by atoms with Crippen LogP contribution in [0.25, 0.3) is 11.4 Å². The molecule has 0 unspecified atom stereocenters. The molecule has 1 saturated carbocycles. The maximum atomic E-state index is 15.1. The number of carbonyl (C=O) groups excluding carboxylic acids is 1. The van der Waals surface area contributed by atoms with E-state index in [1.54, 1.807) is 30.5 Å². The number of ether oxygens (including phenoxy) is 2. The lowest BCUT2D eigenvalue weighted by molar-refractivity contribution is -0.138. The smallest absolute Gasteiger partial charge is 0.243 e. The fourth-order valence-electron chi connectivity index (χ4n) is 6.27. The second kappa shape index (κ2) is 12.5. The van der Waals surface area contributed by atoms with Gasteiger partial charge in [-0.2, -0.15) is 10.5 Å². The number of nitriles is 2. The molecule has 1 aliphatic carbocycles. The number of amides is 1. The van der Waals surface area contributed by atoms with Gasteiger partial charge in [0.2, 0.25) is 5.91 Å². The summed E-state index contributed by atoms with van der Waals surface area (Å²) in [5.74, 6) is 1.01. The van der Waals surface area contributed by atoms with Crippen LogP contribution >= 0.6 is 0 Å². The number of piperidine rings is 1. The standard InChI is InChI=1S/C34H35FN8O3/c35-28-19-43(33(44)34(22-37)9-10-34)12-8-30(28)46-29-6-1-23(17-24(29)18-36)32-38-11-7-31(40-32)39-25-2-4-26(5-3-25)41-13-15-42(16-14-41)27-20-45-21-27/h1-7,11,17,27-28,30H,8-10,12-16,19-21H2,(H,38,39,40)/t28-,30+/m1/s1. The molecule has 4 fully saturated rings. The van der Waals surface area contributed by atoms with Crippen molar-refractivity contribution >= 4 is 23.1 Å². The summed E-state index contributed by atoms with van der Waals surface area (Å²) < 4.78 is 26.4. The number of hydrogen-bond donors (Lipinski definition) is 1. The van der Waals surface area contributed by atoms with E-state index in [0.29, 0.717) is 42.6 Å². The van der Waals surface area contributed by atoms with E-state index in [1.807, 2.05) is 12.1 Å². The molecule has 3 saturated heterocycles. The van der Waals surface area contributed by atoms with Crippen LogP contribution in [-0.2, 0) is 9.53 Å². The highest BCUT2D eigenvalue weighted by Gasteiger charge is 2.53. The van der Waals surface area contributed by atoms with Crippen LogP contribution in [0.2, 0.25) is 0 Å². The fraction of sp³-hybridized carbons (Fsp3) is 0.441. The molecule has 11 nitrogen and oxygen atoms in total. The van der Waals surface area contributed by atoms with Crippen molar-refractivity contribution < 1.29 is 18.7 Å². The Morgan fingerprint density at radius 3 is 2.48 bits per heavy atom. The Labute approximate surface area is 267 Å². The van der Waals surface area contributed by atoms with E-state index in [2.05, 4.69) is 49.4 Å². The van der Waals surface area contributed by atoms with Crippen molar-refractivity contribution in [1.29, 1.82) is 10.5 Å². The molecule has 12 heteroatoms. The lowest BCUT2D eigenvalue weighted by atomic mass is 10.0. The Morgan fingerprint density at radius 1 is 1.04 bits per heavy atom. The number of halogens is 1. The van der Waals surface area contributed by atoms with Crippen molar-refractivity contribution in [3.05, 3.63) is 60.3 Å². The number of alkyl halides is 1. The summed E-state index contributed by atoms with van der Waals surface area (Å²) in [5.41, 5.74) is 1.98. The van der Waals surface area contributed by atoms with Crippen molar-refractivity contribution in [3.63, 3.8) is 0 Å². The summed E-state index contributed by atoms with van der Waals surface area (Å²) in [6.45, 7) is 5.94. The molecular formula is C34H35FN8O3. The number of likely N-dealkylation sites (tertiary alicyclic amines) is 1. The van der Waals surface area contributed by atoms with Gasteiger partial charge in [0.15, 0.2) is 12.0 Å². The van der Waals surface area contributed by atoms with Gasteiger partial charge >= 0.3 is 0 Å². The fourth-order valence-corrected chi connectivity index (χ4v) is 6.27. The molecule has 0 radical (unpaired) electrons. The highest BCUT2D eigenvalue weighted by molar-refractivity contribution is 5.88. The number of rotatable bonds is 8. The molecule has 3 aromatic rings. The largest absolute Gasteiger partial charge is 0.486 e. The van der Waals surface area contributed by atoms with E-state index in [-0.39, 0.29) is 30.2 Å². The van der Waals surface area contributed by atoms with E-state index in [4.69, 9.17) is 9.47 Å². The van der Waals surface area contributed by atoms with Gasteiger partial charge in [-0.3, -0.25) is 9.69 Å². The number of anilines is 3. The molecule has 0 spiro atoms. The highest BCUT2D eigenvalue weighted by atomic mass is 19.1. The summed E-state index contributed by atoms with van der Waals surface area (Å²) >= 11 is 0. The number of nitrogens with one attached hydrogen (secondary N) is 1. The summed E-state index contributed by atoms with van der Waals surface area (Å²) in [6, 6.07) is 19.9. The highest BCUT2D eigenvalue weighted by Crippen LogP contribution is 2.47. The average molecular weight is 623 g/mol. The first kappa shape index (κ1) is 29.9. The van der Waals surface area contributed by atoms with Crippen LogP contribution in [0.15, 0.2) is 54.7 Å². The van der Waals surface area contributed by atoms with Crippen LogP contribution in [0.3, 0.4) is 0 Å². The minimum absolute atomic E-state index is 0.128. The van der Waals surface area contributed by atoms with Gasteiger partial charge in [0.05, 0.1) is 37.4 Å². The molecule has 1 amide bonds. The normalized spacial score (nSPS) is 22.7. The summed E-state index contributed by atoms with van der Waals surface area (Å²) in [7, 11) is 0. The van der Waals surface area contributed by atoms with Gasteiger partial charge in [0, 0.05) is 62.3 Å². The second-order valence-electron chi connectivity index (χ2n) is 12.4. The molecule has 2 atom stereocenters. The lowest BCUT2D eigenvalue weighted by Crippen LogP contribution is -2.56. The molecule has 46 heavy (non-hydrogen) atoms. The van der Waals surface area contributed by atoms with E-state index in [9.17, 15) is 15.3 Å². The number of carbonyl (C=O) groups is 1. The minimum atomic E-state index is -1.43. The van der Waals surface area contributed by atoms with Crippen molar-refractivity contribution in [1.82, 2.24) is 19.8 Å². The van der Waals surface area contributed by atoms with E-state index in [0.717, 1.165) is 45.1 Å². The van der Waals surface area contributed by atoms with Gasteiger partial charge in [0.1, 0.15) is 29.2 Å². The first-order chi connectivity index (χ1) is 22.4. The Morgan fingerprint density at radius 2 is 1.83 bits per heavy atom. The molecular weight excluding hydrogens is 587 g/mol. The molecule has 1 aromatic heterocycles. The van der Waals surface area contributed by atoms with Gasteiger partial charge in [-0.15, -0.1) is 0 Å². The monoisotopic (exact) mass is 622 g/mol. The third kappa shape index (κ3) is 6.06. The molecule has 4 heterocycles. The quantitative estimate of drug-likeness (QED) is 0.395. The number of aromatic nitrogens is 2. The zero-order valence-electron chi connectivity index (χ0n) is 25.4. The SMILES string of the molecule is N#Cc1cc(-c2nccc(Nc3ccc(N4CCN(C5COC5)CC4)cc3)n2)ccc1O[C@H]1CCN(C(=O)C2(C#N)CC2)C[C@H]1F. The number of hydrogen-bond acceptors (Lipinski definition) is 10. The summed E-state index contributed by atoms with van der Waals surface area (Å²) in [6.07, 6.45) is 0.740. The molecule has 236 valence electrons. The first-order valence-electron chi connectivity index (χ1n) is 15.8. The van der Waals surface area contributed by atoms with E-state index < -0.39 is 17.7 Å². The van der Waals surface area contributed by atoms with Gasteiger partial charge in [-0.1, -0.05) is 0 Å². The molecule has 0 bridgehead atoms. The lowest BCUT2D eigenvalue weighted by Gasteiger charge is -2.43. The molecule has 4 aliphatic rings. The van der Waals surface area contributed by atoms with Crippen molar-refractivity contribution in [2.75, 3.05) is 62.7 Å². The maximum Gasteiger partial charge on any atom is 0.243 e. The van der Waals surface area contributed by atoms with Crippen LogP contribution in [-0.4, -0.2) is 96.5 Å². The van der Waals surface area contributed by atoms with Crippen LogP contribution in [0.5, 0.6) is 5.75 Å². The van der Waals surface area contributed by atoms with Crippen molar-refractivity contribution in [2.24, 2.45) is 5.41 Å². The Balaban J connectivity index is 0.967. The van der Waals surface area contributed by atoms with E-state index >= 15 is 4.39 Å². The number of nitrogens with zero attached hydrogens (tertiary/aromatic N) is 7. The Kier molecular flexibility index (Phi) is 8.16. The van der Waals surface area contributed by atoms with Crippen LogP contribution in [0.1, 0.15) is 24.8 Å². The minimum Gasteiger partial charge on any atom is -0.486 e. The van der Waals surface area contributed by atoms with Crippen LogP contribution in [0, 0.1) is 28.1 Å². The Bertz CT molecular complexity index is 1670. The average Bonchev–Trinajstić information content (AvgIpc) is 3.87. The third-order valence-corrected chi connectivity index (χ3v) is 9.39. The van der Waals surface area contributed by atoms with Gasteiger partial charge in [-0.05, 0) is 61.4 Å². The van der Waals surface area contributed by atoms with Crippen LogP contribution < -0.4 is 15.0 Å². The molecule has 7 rings (SSSR count). The summed E-state index contributed by atoms with van der Waals surface area (Å²) in [5, 5.41) is 22.5.